The molecule has 0 aliphatic heterocycles. The Balaban J connectivity index is 1.82. The van der Waals surface area contributed by atoms with Crippen LogP contribution in [0.3, 0.4) is 0 Å². The van der Waals surface area contributed by atoms with Crippen molar-refractivity contribution in [3.8, 4) is 0 Å². The number of nitrogens with zero attached hydrogens (tertiary/aromatic N) is 1. The Morgan fingerprint density at radius 2 is 2.10 bits per heavy atom. The predicted octanol–water partition coefficient (Wildman–Crippen LogP) is 3.65. The van der Waals surface area contributed by atoms with Crippen LogP contribution in [0.5, 0.6) is 0 Å². The molecule has 3 rings (SSSR count). The van der Waals surface area contributed by atoms with Crippen LogP contribution in [0, 0.1) is 5.41 Å². The van der Waals surface area contributed by atoms with E-state index >= 15 is 0 Å². The SMILES string of the molecule is CCC1(CNc2nc3c(cc2C(=O)O)CCC3)CCCC1. The summed E-state index contributed by atoms with van der Waals surface area (Å²) in [6, 6.07) is 1.83. The highest BCUT2D eigenvalue weighted by Crippen LogP contribution is 2.41. The Labute approximate surface area is 126 Å². The first-order valence-corrected chi connectivity index (χ1v) is 8.13. The summed E-state index contributed by atoms with van der Waals surface area (Å²) in [5.74, 6) is -0.306. The molecule has 2 N–H and O–H groups in total. The van der Waals surface area contributed by atoms with Gasteiger partial charge in [-0.3, -0.25) is 0 Å². The first kappa shape index (κ1) is 14.4. The molecule has 1 fully saturated rings. The average molecular weight is 288 g/mol. The molecule has 0 atom stereocenters. The van der Waals surface area contributed by atoms with Gasteiger partial charge in [-0.25, -0.2) is 9.78 Å². The quantitative estimate of drug-likeness (QED) is 0.868. The third kappa shape index (κ3) is 2.76. The molecular formula is C17H24N2O2. The fraction of sp³-hybridized carbons (Fsp3) is 0.647. The third-order valence-corrected chi connectivity index (χ3v) is 5.33. The Morgan fingerprint density at radius 1 is 1.33 bits per heavy atom. The van der Waals surface area contributed by atoms with Gasteiger partial charge in [0.2, 0.25) is 0 Å². The monoisotopic (exact) mass is 288 g/mol. The van der Waals surface area contributed by atoms with Crippen LogP contribution in [0.1, 0.15) is 67.1 Å². The van der Waals surface area contributed by atoms with Crippen molar-refractivity contribution < 1.29 is 9.90 Å². The lowest BCUT2D eigenvalue weighted by molar-refractivity contribution is 0.0697. The summed E-state index contributed by atoms with van der Waals surface area (Å²) in [7, 11) is 0. The van der Waals surface area contributed by atoms with Gasteiger partial charge in [-0.2, -0.15) is 0 Å². The summed E-state index contributed by atoms with van der Waals surface area (Å²) in [5, 5.41) is 12.8. The van der Waals surface area contributed by atoms with E-state index in [-0.39, 0.29) is 0 Å². The summed E-state index contributed by atoms with van der Waals surface area (Å²) < 4.78 is 0. The van der Waals surface area contributed by atoms with Gasteiger partial charge in [-0.1, -0.05) is 19.8 Å². The molecule has 0 aromatic carbocycles. The number of aromatic nitrogens is 1. The molecule has 21 heavy (non-hydrogen) atoms. The van der Waals surface area contributed by atoms with Crippen molar-refractivity contribution >= 4 is 11.8 Å². The van der Waals surface area contributed by atoms with E-state index in [0.29, 0.717) is 16.8 Å². The number of carbonyl (C=O) groups is 1. The summed E-state index contributed by atoms with van der Waals surface area (Å²) in [6.07, 6.45) is 9.23. The van der Waals surface area contributed by atoms with Crippen molar-refractivity contribution in [1.82, 2.24) is 4.98 Å². The first-order valence-electron chi connectivity index (χ1n) is 8.13. The summed E-state index contributed by atoms with van der Waals surface area (Å²) in [6.45, 7) is 3.08. The lowest BCUT2D eigenvalue weighted by Crippen LogP contribution is -2.27. The number of hydrogen-bond donors (Lipinski definition) is 2. The number of fused-ring (bicyclic) bond motifs is 1. The minimum Gasteiger partial charge on any atom is -0.478 e. The number of rotatable bonds is 5. The Bertz CT molecular complexity index is 548. The van der Waals surface area contributed by atoms with E-state index in [1.165, 1.54) is 25.7 Å². The number of nitrogens with one attached hydrogen (secondary N) is 1. The fourth-order valence-electron chi connectivity index (χ4n) is 3.82. The van der Waals surface area contributed by atoms with Gasteiger partial charge >= 0.3 is 5.97 Å². The molecule has 0 spiro atoms. The molecule has 1 aromatic heterocycles. The minimum atomic E-state index is -0.878. The molecule has 1 heterocycles. The highest BCUT2D eigenvalue weighted by atomic mass is 16.4. The number of aromatic carboxylic acids is 1. The second kappa shape index (κ2) is 5.66. The Kier molecular flexibility index (Phi) is 3.87. The summed E-state index contributed by atoms with van der Waals surface area (Å²) in [5.41, 5.74) is 2.86. The molecule has 114 valence electrons. The van der Waals surface area contributed by atoms with E-state index in [9.17, 15) is 9.90 Å². The van der Waals surface area contributed by atoms with Crippen LogP contribution in [-0.4, -0.2) is 22.6 Å². The minimum absolute atomic E-state index is 0.330. The molecule has 1 aromatic rings. The van der Waals surface area contributed by atoms with E-state index < -0.39 is 5.97 Å². The van der Waals surface area contributed by atoms with Crippen LogP contribution in [0.25, 0.3) is 0 Å². The van der Waals surface area contributed by atoms with E-state index in [4.69, 9.17) is 0 Å². The van der Waals surface area contributed by atoms with Gasteiger partial charge in [0.15, 0.2) is 0 Å². The van der Waals surface area contributed by atoms with Crippen molar-refractivity contribution in [2.24, 2.45) is 5.41 Å². The maximum atomic E-state index is 11.5. The highest BCUT2D eigenvalue weighted by Gasteiger charge is 2.32. The van der Waals surface area contributed by atoms with Crippen LogP contribution in [0.15, 0.2) is 6.07 Å². The molecule has 1 saturated carbocycles. The molecule has 0 unspecified atom stereocenters. The summed E-state index contributed by atoms with van der Waals surface area (Å²) in [4.78, 5) is 16.1. The molecular weight excluding hydrogens is 264 g/mol. The number of hydrogen-bond acceptors (Lipinski definition) is 3. The fourth-order valence-corrected chi connectivity index (χ4v) is 3.82. The van der Waals surface area contributed by atoms with Crippen LogP contribution < -0.4 is 5.32 Å². The normalized spacial score (nSPS) is 19.5. The number of pyridine rings is 1. The molecule has 2 aliphatic rings. The second-order valence-corrected chi connectivity index (χ2v) is 6.56. The number of carboxylic acid groups (broad SMARTS) is 1. The second-order valence-electron chi connectivity index (χ2n) is 6.56. The van der Waals surface area contributed by atoms with Gasteiger partial charge in [-0.05, 0) is 55.6 Å². The number of aryl methyl sites for hydroxylation is 2. The maximum absolute atomic E-state index is 11.5. The van der Waals surface area contributed by atoms with Crippen molar-refractivity contribution in [3.63, 3.8) is 0 Å². The predicted molar refractivity (Wildman–Crippen MR) is 82.9 cm³/mol. The number of anilines is 1. The van der Waals surface area contributed by atoms with E-state index in [1.807, 2.05) is 6.07 Å². The van der Waals surface area contributed by atoms with Gasteiger partial charge < -0.3 is 10.4 Å². The van der Waals surface area contributed by atoms with Crippen molar-refractivity contribution in [3.05, 3.63) is 22.9 Å². The largest absolute Gasteiger partial charge is 0.478 e. The first-order chi connectivity index (χ1) is 10.1. The molecule has 4 nitrogen and oxygen atoms in total. The van der Waals surface area contributed by atoms with E-state index in [2.05, 4.69) is 17.2 Å². The van der Waals surface area contributed by atoms with Crippen LogP contribution in [-0.2, 0) is 12.8 Å². The lowest BCUT2D eigenvalue weighted by Gasteiger charge is -2.28. The van der Waals surface area contributed by atoms with Crippen molar-refractivity contribution in [2.75, 3.05) is 11.9 Å². The van der Waals surface area contributed by atoms with Gasteiger partial charge in [0.25, 0.3) is 0 Å². The standard InChI is InChI=1S/C17H24N2O2/c1-2-17(8-3-4-9-17)11-18-15-13(16(20)21)10-12-6-5-7-14(12)19-15/h10H,2-9,11H2,1H3,(H,18,19)(H,20,21). The zero-order valence-electron chi connectivity index (χ0n) is 12.7. The molecule has 0 bridgehead atoms. The zero-order valence-corrected chi connectivity index (χ0v) is 12.7. The Hall–Kier alpha value is -1.58. The molecule has 0 saturated heterocycles. The van der Waals surface area contributed by atoms with Crippen molar-refractivity contribution in [1.29, 1.82) is 0 Å². The van der Waals surface area contributed by atoms with Crippen LogP contribution >= 0.6 is 0 Å². The van der Waals surface area contributed by atoms with Gasteiger partial charge in [-0.15, -0.1) is 0 Å². The van der Waals surface area contributed by atoms with Crippen LogP contribution in [0.2, 0.25) is 0 Å². The maximum Gasteiger partial charge on any atom is 0.339 e. The number of carboxylic acids is 1. The van der Waals surface area contributed by atoms with Crippen LogP contribution in [0.4, 0.5) is 5.82 Å². The van der Waals surface area contributed by atoms with E-state index in [1.54, 1.807) is 0 Å². The molecule has 0 amide bonds. The zero-order chi connectivity index (χ0) is 14.9. The molecule has 2 aliphatic carbocycles. The van der Waals surface area contributed by atoms with E-state index in [0.717, 1.165) is 43.5 Å². The Morgan fingerprint density at radius 3 is 2.76 bits per heavy atom. The summed E-state index contributed by atoms with van der Waals surface area (Å²) >= 11 is 0. The topological polar surface area (TPSA) is 62.2 Å². The molecule has 4 heteroatoms. The third-order valence-electron chi connectivity index (χ3n) is 5.33. The van der Waals surface area contributed by atoms with Gasteiger partial charge in [0.05, 0.1) is 0 Å². The van der Waals surface area contributed by atoms with Gasteiger partial charge in [0, 0.05) is 12.2 Å². The molecule has 0 radical (unpaired) electrons. The smallest absolute Gasteiger partial charge is 0.339 e. The van der Waals surface area contributed by atoms with Crippen molar-refractivity contribution in [2.45, 2.75) is 58.3 Å². The highest BCUT2D eigenvalue weighted by molar-refractivity contribution is 5.93. The lowest BCUT2D eigenvalue weighted by atomic mass is 9.83. The van der Waals surface area contributed by atoms with Gasteiger partial charge in [0.1, 0.15) is 11.4 Å². The average Bonchev–Trinajstić information content (AvgIpc) is 3.13.